The number of halogens is 2. The van der Waals surface area contributed by atoms with Crippen LogP contribution in [-0.2, 0) is 19.4 Å². The van der Waals surface area contributed by atoms with E-state index in [1.807, 2.05) is 0 Å². The fourth-order valence-electron chi connectivity index (χ4n) is 1.78. The van der Waals surface area contributed by atoms with Crippen LogP contribution in [0, 0.1) is 0 Å². The molecule has 1 atom stereocenters. The Morgan fingerprint density at radius 3 is 2.44 bits per heavy atom. The molecule has 9 heteroatoms. The lowest BCUT2D eigenvalue weighted by atomic mass is 10.1. The number of aliphatic carboxylic acids is 1. The zero-order valence-corrected chi connectivity index (χ0v) is 10.4. The number of carboxylic acids is 1. The summed E-state index contributed by atoms with van der Waals surface area (Å²) in [4.78, 5) is 22.6. The van der Waals surface area contributed by atoms with Gasteiger partial charge in [0.15, 0.2) is 9.84 Å². The van der Waals surface area contributed by atoms with Crippen molar-refractivity contribution in [2.24, 2.45) is 0 Å². The number of carbonyl (C=O) groups is 2. The zero-order chi connectivity index (χ0) is 14.1. The van der Waals surface area contributed by atoms with Crippen LogP contribution in [0.1, 0.15) is 13.3 Å². The molecule has 0 bridgehead atoms. The topological polar surface area (TPSA) is 91.8 Å². The smallest absolute Gasteiger partial charge is 0.322 e. The maximum absolute atomic E-state index is 12.9. The van der Waals surface area contributed by atoms with E-state index in [4.69, 9.17) is 5.11 Å². The molecule has 1 saturated heterocycles. The van der Waals surface area contributed by atoms with Gasteiger partial charge in [0.25, 0.3) is 5.91 Å². The number of rotatable bonds is 3. The van der Waals surface area contributed by atoms with Crippen molar-refractivity contribution in [3.05, 3.63) is 0 Å². The third-order valence-electron chi connectivity index (χ3n) is 2.58. The molecular formula is C9H13F2NO5S. The first-order chi connectivity index (χ1) is 8.03. The molecule has 6 nitrogen and oxygen atoms in total. The predicted molar refractivity (Wildman–Crippen MR) is 57.0 cm³/mol. The van der Waals surface area contributed by atoms with Gasteiger partial charge < -0.3 is 10.0 Å². The first-order valence-corrected chi connectivity index (χ1v) is 6.96. The Balaban J connectivity index is 2.95. The number of amides is 1. The molecule has 1 unspecified atom stereocenters. The van der Waals surface area contributed by atoms with E-state index in [-0.39, 0.29) is 0 Å². The summed E-state index contributed by atoms with van der Waals surface area (Å²) in [6.45, 7) is -0.00118. The summed E-state index contributed by atoms with van der Waals surface area (Å²) in [5, 5.41) is 8.62. The lowest BCUT2D eigenvalue weighted by Crippen LogP contribution is -2.55. The Hall–Kier alpha value is -1.25. The van der Waals surface area contributed by atoms with Crippen molar-refractivity contribution < 1.29 is 31.9 Å². The van der Waals surface area contributed by atoms with Crippen LogP contribution in [0.3, 0.4) is 0 Å². The maximum Gasteiger partial charge on any atom is 0.322 e. The Morgan fingerprint density at radius 1 is 1.44 bits per heavy atom. The molecule has 0 saturated carbocycles. The van der Waals surface area contributed by atoms with E-state index < -0.39 is 58.1 Å². The summed E-state index contributed by atoms with van der Waals surface area (Å²) < 4.78 is 48.5. The van der Waals surface area contributed by atoms with Crippen LogP contribution in [0.15, 0.2) is 0 Å². The van der Waals surface area contributed by atoms with Gasteiger partial charge in [-0.1, -0.05) is 0 Å². The number of alkyl halides is 2. The third-order valence-corrected chi connectivity index (χ3v) is 4.27. The minimum Gasteiger partial charge on any atom is -0.481 e. The van der Waals surface area contributed by atoms with Crippen molar-refractivity contribution in [1.82, 2.24) is 4.90 Å². The molecule has 0 radical (unpaired) electrons. The molecule has 1 heterocycles. The molecule has 0 spiro atoms. The standard InChI is InChI=1S/C9H13F2NO5S/c1-9(10,11)8(15)12-2-3-18(16,17)5-6(12)4-7(13)14/h6H,2-5H2,1H3,(H,13,14). The lowest BCUT2D eigenvalue weighted by Gasteiger charge is -2.35. The summed E-state index contributed by atoms with van der Waals surface area (Å²) in [6, 6.07) is -1.24. The highest BCUT2D eigenvalue weighted by Gasteiger charge is 2.43. The molecule has 18 heavy (non-hydrogen) atoms. The second-order valence-electron chi connectivity index (χ2n) is 4.25. The summed E-state index contributed by atoms with van der Waals surface area (Å²) >= 11 is 0. The molecule has 1 N–H and O–H groups in total. The maximum atomic E-state index is 12.9. The average Bonchev–Trinajstić information content (AvgIpc) is 2.13. The number of hydrogen-bond acceptors (Lipinski definition) is 4. The van der Waals surface area contributed by atoms with Gasteiger partial charge >= 0.3 is 11.9 Å². The van der Waals surface area contributed by atoms with Gasteiger partial charge in [0.1, 0.15) is 0 Å². The normalized spacial score (nSPS) is 23.7. The Bertz CT molecular complexity index is 456. The number of hydrogen-bond donors (Lipinski definition) is 1. The SMILES string of the molecule is CC(F)(F)C(=O)N1CCS(=O)(=O)CC1CC(=O)O. The highest BCUT2D eigenvalue weighted by molar-refractivity contribution is 7.91. The lowest BCUT2D eigenvalue weighted by molar-refractivity contribution is -0.158. The van der Waals surface area contributed by atoms with Crippen LogP contribution < -0.4 is 0 Å². The minimum absolute atomic E-state index is 0.399. The third kappa shape index (κ3) is 3.62. The molecule has 1 fully saturated rings. The van der Waals surface area contributed by atoms with Crippen molar-refractivity contribution in [2.45, 2.75) is 25.3 Å². The van der Waals surface area contributed by atoms with Crippen LogP contribution in [0.5, 0.6) is 0 Å². The first-order valence-electron chi connectivity index (χ1n) is 5.14. The second-order valence-corrected chi connectivity index (χ2v) is 6.48. The monoisotopic (exact) mass is 285 g/mol. The van der Waals surface area contributed by atoms with Crippen LogP contribution in [0.4, 0.5) is 8.78 Å². The van der Waals surface area contributed by atoms with Gasteiger partial charge in [-0.25, -0.2) is 8.42 Å². The van der Waals surface area contributed by atoms with Crippen LogP contribution >= 0.6 is 0 Å². The van der Waals surface area contributed by atoms with E-state index in [9.17, 15) is 26.8 Å². The number of nitrogens with zero attached hydrogens (tertiary/aromatic N) is 1. The molecule has 0 aromatic rings. The number of carboxylic acid groups (broad SMARTS) is 1. The summed E-state index contributed by atoms with van der Waals surface area (Å²) in [6.07, 6.45) is -0.666. The van der Waals surface area contributed by atoms with Crippen LogP contribution in [-0.4, -0.2) is 60.3 Å². The van der Waals surface area contributed by atoms with E-state index >= 15 is 0 Å². The van der Waals surface area contributed by atoms with Gasteiger partial charge in [-0.05, 0) is 0 Å². The van der Waals surface area contributed by atoms with Crippen LogP contribution in [0.25, 0.3) is 0 Å². The molecule has 1 amide bonds. The molecule has 1 rings (SSSR count). The van der Waals surface area contributed by atoms with E-state index in [2.05, 4.69) is 0 Å². The predicted octanol–water partition coefficient (Wildman–Crippen LogP) is -0.258. The summed E-state index contributed by atoms with van der Waals surface area (Å²) in [7, 11) is -3.49. The van der Waals surface area contributed by atoms with Crippen molar-refractivity contribution in [3.8, 4) is 0 Å². The molecule has 0 aromatic carbocycles. The Labute approximate surface area is 102 Å². The Kier molecular flexibility index (Phi) is 3.94. The quantitative estimate of drug-likeness (QED) is 0.771. The van der Waals surface area contributed by atoms with Gasteiger partial charge in [-0.2, -0.15) is 8.78 Å². The minimum atomic E-state index is -3.64. The highest BCUT2D eigenvalue weighted by atomic mass is 32.2. The van der Waals surface area contributed by atoms with Crippen LogP contribution in [0.2, 0.25) is 0 Å². The fraction of sp³-hybridized carbons (Fsp3) is 0.778. The van der Waals surface area contributed by atoms with Crippen molar-refractivity contribution in [3.63, 3.8) is 0 Å². The fourth-order valence-corrected chi connectivity index (χ4v) is 3.30. The van der Waals surface area contributed by atoms with E-state index in [0.29, 0.717) is 11.8 Å². The Morgan fingerprint density at radius 2 is 2.00 bits per heavy atom. The van der Waals surface area contributed by atoms with Crippen molar-refractivity contribution in [2.75, 3.05) is 18.1 Å². The van der Waals surface area contributed by atoms with Crippen molar-refractivity contribution in [1.29, 1.82) is 0 Å². The van der Waals surface area contributed by atoms with Gasteiger partial charge in [-0.3, -0.25) is 9.59 Å². The van der Waals surface area contributed by atoms with Gasteiger partial charge in [0.05, 0.1) is 24.0 Å². The molecule has 104 valence electrons. The van der Waals surface area contributed by atoms with Gasteiger partial charge in [-0.15, -0.1) is 0 Å². The zero-order valence-electron chi connectivity index (χ0n) is 9.60. The number of carbonyl (C=O) groups excluding carboxylic acids is 1. The molecule has 0 aliphatic carbocycles. The summed E-state index contributed by atoms with van der Waals surface area (Å²) in [5.41, 5.74) is 0. The average molecular weight is 285 g/mol. The van der Waals surface area contributed by atoms with E-state index in [1.165, 1.54) is 0 Å². The molecule has 1 aliphatic heterocycles. The second kappa shape index (κ2) is 4.79. The molecular weight excluding hydrogens is 272 g/mol. The molecule has 1 aliphatic rings. The largest absolute Gasteiger partial charge is 0.481 e. The van der Waals surface area contributed by atoms with Crippen molar-refractivity contribution >= 4 is 21.7 Å². The molecule has 0 aromatic heterocycles. The van der Waals surface area contributed by atoms with Gasteiger partial charge in [0, 0.05) is 13.5 Å². The number of sulfone groups is 1. The van der Waals surface area contributed by atoms with Gasteiger partial charge in [0.2, 0.25) is 0 Å². The first kappa shape index (κ1) is 14.8. The highest BCUT2D eigenvalue weighted by Crippen LogP contribution is 2.22. The van der Waals surface area contributed by atoms with E-state index in [1.54, 1.807) is 0 Å². The van der Waals surface area contributed by atoms with E-state index in [0.717, 1.165) is 0 Å². The summed E-state index contributed by atoms with van der Waals surface area (Å²) in [5.74, 6) is -7.54.